The van der Waals surface area contributed by atoms with Crippen molar-refractivity contribution in [1.82, 2.24) is 4.90 Å². The third-order valence-electron chi connectivity index (χ3n) is 8.89. The summed E-state index contributed by atoms with van der Waals surface area (Å²) in [5, 5.41) is 9.12. The molecule has 0 unspecified atom stereocenters. The number of ether oxygens (including phenoxy) is 1. The molecule has 7 nitrogen and oxygen atoms in total. The first-order valence-corrected chi connectivity index (χ1v) is 16.6. The van der Waals surface area contributed by atoms with E-state index < -0.39 is 91.0 Å². The predicted molar refractivity (Wildman–Crippen MR) is 165 cm³/mol. The highest BCUT2D eigenvalue weighted by atomic mass is 32.2. The van der Waals surface area contributed by atoms with Gasteiger partial charge in [-0.3, -0.25) is 4.79 Å². The largest absolute Gasteiger partial charge is 0.478 e. The van der Waals surface area contributed by atoms with E-state index in [0.717, 1.165) is 35.2 Å². The zero-order valence-corrected chi connectivity index (χ0v) is 27.3. The molecule has 0 aromatic heterocycles. The van der Waals surface area contributed by atoms with E-state index in [0.29, 0.717) is 42.0 Å². The Hall–Kier alpha value is -4.90. The second-order valence-electron chi connectivity index (χ2n) is 11.9. The van der Waals surface area contributed by atoms with Crippen molar-refractivity contribution < 1.29 is 67.4 Å². The van der Waals surface area contributed by atoms with Crippen LogP contribution in [0, 0.1) is 17.5 Å². The molecular formula is C35H26F9NO6S. The summed E-state index contributed by atoms with van der Waals surface area (Å²) in [5.41, 5.74) is -7.93. The molecule has 0 aliphatic carbocycles. The van der Waals surface area contributed by atoms with Gasteiger partial charge in [0.2, 0.25) is 5.91 Å². The van der Waals surface area contributed by atoms with E-state index in [1.165, 1.54) is 24.3 Å². The molecule has 0 bridgehead atoms. The minimum atomic E-state index is -6.26. The quantitative estimate of drug-likeness (QED) is 0.133. The summed E-state index contributed by atoms with van der Waals surface area (Å²) in [4.78, 5) is 25.2. The fourth-order valence-electron chi connectivity index (χ4n) is 6.09. The fourth-order valence-corrected chi connectivity index (χ4v) is 8.17. The molecule has 276 valence electrons. The zero-order chi connectivity index (χ0) is 38.3. The van der Waals surface area contributed by atoms with Crippen LogP contribution in [-0.4, -0.2) is 55.7 Å². The lowest BCUT2D eigenvalue weighted by Gasteiger charge is -2.38. The number of alkyl halides is 6. The van der Waals surface area contributed by atoms with E-state index in [9.17, 15) is 57.5 Å². The lowest BCUT2D eigenvalue weighted by atomic mass is 9.88. The van der Waals surface area contributed by atoms with Gasteiger partial charge in [0.25, 0.3) is 5.60 Å². The smallest absolute Gasteiger partial charge is 0.430 e. The van der Waals surface area contributed by atoms with Crippen molar-refractivity contribution in [3.05, 3.63) is 136 Å². The molecular weight excluding hydrogens is 733 g/mol. The monoisotopic (exact) mass is 759 g/mol. The minimum Gasteiger partial charge on any atom is -0.478 e. The van der Waals surface area contributed by atoms with Gasteiger partial charge < -0.3 is 14.7 Å². The lowest BCUT2D eigenvalue weighted by Crippen LogP contribution is -2.56. The van der Waals surface area contributed by atoms with Crippen LogP contribution in [0.5, 0.6) is 0 Å². The van der Waals surface area contributed by atoms with E-state index in [4.69, 9.17) is 5.11 Å². The van der Waals surface area contributed by atoms with Crippen LogP contribution in [0.25, 0.3) is 0 Å². The van der Waals surface area contributed by atoms with Crippen molar-refractivity contribution in [2.24, 2.45) is 0 Å². The van der Waals surface area contributed by atoms with Gasteiger partial charge >= 0.3 is 18.3 Å². The molecule has 1 N–H and O–H groups in total. The number of halogens is 9. The Morgan fingerprint density at radius 1 is 0.788 bits per heavy atom. The van der Waals surface area contributed by atoms with Crippen LogP contribution in [0.1, 0.15) is 39.0 Å². The lowest BCUT2D eigenvalue weighted by molar-refractivity contribution is -0.392. The molecule has 0 spiro atoms. The van der Waals surface area contributed by atoms with Gasteiger partial charge in [0.15, 0.2) is 9.84 Å². The maximum atomic E-state index is 14.5. The van der Waals surface area contributed by atoms with Crippen molar-refractivity contribution in [2.75, 3.05) is 13.1 Å². The van der Waals surface area contributed by atoms with Crippen molar-refractivity contribution in [2.45, 2.75) is 47.0 Å². The second kappa shape index (κ2) is 13.9. The number of carboxylic acids is 1. The number of amides is 1. The maximum absolute atomic E-state index is 14.5. The van der Waals surface area contributed by atoms with Gasteiger partial charge in [-0.1, -0.05) is 42.5 Å². The van der Waals surface area contributed by atoms with Gasteiger partial charge in [-0.15, -0.1) is 0 Å². The highest BCUT2D eigenvalue weighted by Crippen LogP contribution is 2.54. The zero-order valence-electron chi connectivity index (χ0n) is 26.4. The molecule has 0 radical (unpaired) electrons. The number of sulfone groups is 1. The molecule has 52 heavy (non-hydrogen) atoms. The first-order valence-electron chi connectivity index (χ1n) is 15.1. The molecule has 1 heterocycles. The molecule has 17 heteroatoms. The van der Waals surface area contributed by atoms with Crippen molar-refractivity contribution in [3.63, 3.8) is 0 Å². The SMILES string of the molecule is O=C(O)c1ccc(CC(=O)N2CC[C@](c3ccc(C(OCc4c(F)cccc4F)(C(F)(F)F)C(F)(F)F)cc3)(S(=O)(=O)c3ccc(F)cc3)C2)cc1. The van der Waals surface area contributed by atoms with E-state index in [1.807, 2.05) is 0 Å². The first kappa shape index (κ1) is 38.3. The number of carboxylic acid groups (broad SMARTS) is 1. The molecule has 1 atom stereocenters. The molecule has 1 fully saturated rings. The van der Waals surface area contributed by atoms with Crippen LogP contribution >= 0.6 is 0 Å². The molecule has 1 amide bonds. The van der Waals surface area contributed by atoms with Crippen molar-refractivity contribution >= 4 is 21.7 Å². The number of rotatable bonds is 10. The van der Waals surface area contributed by atoms with Crippen molar-refractivity contribution in [3.8, 4) is 0 Å². The van der Waals surface area contributed by atoms with Gasteiger partial charge in [-0.05, 0) is 66.1 Å². The standard InChI is InChI=1S/C35H26F9NO6S/c36-25-12-14-26(15-13-25)52(49,50)32(16-17-45(20-32)30(46)18-21-4-6-22(7-5-21)31(47)48)23-8-10-24(11-9-23)33(34(39,40)41,35(42,43)44)51-19-27-28(37)2-1-3-29(27)38/h1-15H,16-20H2,(H,47,48)/t32-/m0/s1. The number of carbonyl (C=O) groups is 2. The van der Waals surface area contributed by atoms with Gasteiger partial charge in [-0.2, -0.15) is 26.3 Å². The first-order chi connectivity index (χ1) is 24.2. The number of benzene rings is 4. The van der Waals surface area contributed by atoms with Gasteiger partial charge in [0.1, 0.15) is 22.2 Å². The summed E-state index contributed by atoms with van der Waals surface area (Å²) in [6, 6.07) is 12.9. The summed E-state index contributed by atoms with van der Waals surface area (Å²) in [6.07, 6.45) is -13.2. The number of carbonyl (C=O) groups excluding carboxylic acids is 1. The van der Waals surface area contributed by atoms with E-state index in [2.05, 4.69) is 4.74 Å². The summed E-state index contributed by atoms with van der Waals surface area (Å²) in [7, 11) is -4.67. The Bertz CT molecular complexity index is 2030. The Morgan fingerprint density at radius 3 is 1.87 bits per heavy atom. The van der Waals surface area contributed by atoms with Crippen LogP contribution in [0.2, 0.25) is 0 Å². The maximum Gasteiger partial charge on any atom is 0.430 e. The highest BCUT2D eigenvalue weighted by Gasteiger charge is 2.73. The topological polar surface area (TPSA) is 101 Å². The Balaban J connectivity index is 1.57. The molecule has 4 aromatic carbocycles. The third kappa shape index (κ3) is 6.86. The summed E-state index contributed by atoms with van der Waals surface area (Å²) < 4.78 is 160. The summed E-state index contributed by atoms with van der Waals surface area (Å²) in [5.74, 6) is -5.57. The number of likely N-dealkylation sites (tertiary alicyclic amines) is 1. The number of nitrogens with zero attached hydrogens (tertiary/aromatic N) is 1. The van der Waals surface area contributed by atoms with Crippen LogP contribution in [0.15, 0.2) is 95.9 Å². The number of hydrogen-bond acceptors (Lipinski definition) is 5. The average Bonchev–Trinajstić information content (AvgIpc) is 3.53. The minimum absolute atomic E-state index is 0.0601. The molecule has 4 aromatic rings. The highest BCUT2D eigenvalue weighted by molar-refractivity contribution is 7.92. The number of hydrogen-bond donors (Lipinski definition) is 1. The van der Waals surface area contributed by atoms with Crippen molar-refractivity contribution in [1.29, 1.82) is 0 Å². The molecule has 1 saturated heterocycles. The van der Waals surface area contributed by atoms with Crippen LogP contribution < -0.4 is 0 Å². The molecule has 5 rings (SSSR count). The third-order valence-corrected chi connectivity index (χ3v) is 11.4. The fraction of sp³-hybridized carbons (Fsp3) is 0.257. The van der Waals surface area contributed by atoms with Gasteiger partial charge in [-0.25, -0.2) is 26.4 Å². The van der Waals surface area contributed by atoms with E-state index in [1.54, 1.807) is 0 Å². The summed E-state index contributed by atoms with van der Waals surface area (Å²) in [6.45, 7) is -2.65. The molecule has 1 aliphatic rings. The number of aromatic carboxylic acids is 1. The Kier molecular flexibility index (Phi) is 10.3. The summed E-state index contributed by atoms with van der Waals surface area (Å²) >= 11 is 0. The Morgan fingerprint density at radius 2 is 1.35 bits per heavy atom. The van der Waals surface area contributed by atoms with Crippen LogP contribution in [0.4, 0.5) is 39.5 Å². The predicted octanol–water partition coefficient (Wildman–Crippen LogP) is 7.48. The van der Waals surface area contributed by atoms with Gasteiger partial charge in [0.05, 0.1) is 23.5 Å². The van der Waals surface area contributed by atoms with Crippen LogP contribution in [0.3, 0.4) is 0 Å². The normalized spacial score (nSPS) is 17.0. The second-order valence-corrected chi connectivity index (χ2v) is 14.2. The van der Waals surface area contributed by atoms with Gasteiger partial charge in [0, 0.05) is 24.2 Å². The molecule has 1 aliphatic heterocycles. The average molecular weight is 760 g/mol. The molecule has 0 saturated carbocycles. The van der Waals surface area contributed by atoms with Crippen LogP contribution in [-0.2, 0) is 42.7 Å². The Labute approximate surface area is 290 Å². The van der Waals surface area contributed by atoms with E-state index in [-0.39, 0.29) is 30.5 Å². The van der Waals surface area contributed by atoms with E-state index >= 15 is 0 Å².